The highest BCUT2D eigenvalue weighted by atomic mass is 35.5. The first-order valence-corrected chi connectivity index (χ1v) is 6.57. The van der Waals surface area contributed by atoms with Crippen molar-refractivity contribution < 1.29 is 4.79 Å². The van der Waals surface area contributed by atoms with Crippen molar-refractivity contribution in [1.29, 1.82) is 0 Å². The Morgan fingerprint density at radius 2 is 1.88 bits per heavy atom. The number of hydrogen-bond acceptors (Lipinski definition) is 2. The van der Waals surface area contributed by atoms with E-state index in [1.165, 1.54) is 4.90 Å². The number of aldehydes is 1. The first kappa shape index (κ1) is 12.2. The van der Waals surface area contributed by atoms with Crippen LogP contribution in [0.4, 0.5) is 0 Å². The fourth-order valence-corrected chi connectivity index (χ4v) is 2.42. The lowest BCUT2D eigenvalue weighted by atomic mass is 10.2. The van der Waals surface area contributed by atoms with Crippen molar-refractivity contribution in [3.63, 3.8) is 0 Å². The predicted molar refractivity (Wildman–Crippen MR) is 72.8 cm³/mol. The zero-order valence-corrected chi connectivity index (χ0v) is 10.7. The van der Waals surface area contributed by atoms with E-state index in [0.717, 1.165) is 28.2 Å². The fourth-order valence-electron chi connectivity index (χ4n) is 1.45. The zero-order chi connectivity index (χ0) is 12.1. The Bertz CT molecular complexity index is 508. The van der Waals surface area contributed by atoms with Crippen molar-refractivity contribution in [2.75, 3.05) is 0 Å². The van der Waals surface area contributed by atoms with Crippen LogP contribution in [0.1, 0.15) is 15.9 Å². The lowest BCUT2D eigenvalue weighted by molar-refractivity contribution is 0.112. The van der Waals surface area contributed by atoms with Crippen LogP contribution in [-0.4, -0.2) is 6.29 Å². The molecule has 0 fully saturated rings. The second kappa shape index (κ2) is 5.89. The van der Waals surface area contributed by atoms with Crippen molar-refractivity contribution in [1.82, 2.24) is 0 Å². The smallest absolute Gasteiger partial charge is 0.150 e. The third-order valence-electron chi connectivity index (χ3n) is 2.31. The molecular weight excluding hydrogens is 252 g/mol. The van der Waals surface area contributed by atoms with Crippen LogP contribution in [0.25, 0.3) is 0 Å². The van der Waals surface area contributed by atoms with Crippen LogP contribution in [-0.2, 0) is 5.75 Å². The van der Waals surface area contributed by atoms with Crippen LogP contribution in [0.3, 0.4) is 0 Å². The van der Waals surface area contributed by atoms with Gasteiger partial charge in [-0.15, -0.1) is 11.8 Å². The maximum absolute atomic E-state index is 10.6. The number of benzene rings is 2. The molecule has 17 heavy (non-hydrogen) atoms. The van der Waals surface area contributed by atoms with Crippen LogP contribution < -0.4 is 0 Å². The molecule has 0 radical (unpaired) electrons. The molecule has 0 saturated heterocycles. The average molecular weight is 263 g/mol. The lowest BCUT2D eigenvalue weighted by Crippen LogP contribution is -1.84. The van der Waals surface area contributed by atoms with Crippen molar-refractivity contribution >= 4 is 29.6 Å². The largest absolute Gasteiger partial charge is 0.298 e. The average Bonchev–Trinajstić information content (AvgIpc) is 2.38. The van der Waals surface area contributed by atoms with Gasteiger partial charge in [-0.25, -0.2) is 0 Å². The van der Waals surface area contributed by atoms with E-state index in [4.69, 9.17) is 11.6 Å². The van der Waals surface area contributed by atoms with Crippen LogP contribution in [0.2, 0.25) is 5.02 Å². The normalized spacial score (nSPS) is 10.2. The van der Waals surface area contributed by atoms with E-state index in [1.807, 2.05) is 48.5 Å². The van der Waals surface area contributed by atoms with Crippen LogP contribution in [0, 0.1) is 0 Å². The van der Waals surface area contributed by atoms with Crippen LogP contribution in [0.5, 0.6) is 0 Å². The van der Waals surface area contributed by atoms with Crippen molar-refractivity contribution in [2.45, 2.75) is 10.6 Å². The summed E-state index contributed by atoms with van der Waals surface area (Å²) < 4.78 is 0. The molecule has 0 aromatic heterocycles. The molecule has 0 aliphatic carbocycles. The van der Waals surface area contributed by atoms with Crippen molar-refractivity contribution in [3.05, 3.63) is 64.7 Å². The summed E-state index contributed by atoms with van der Waals surface area (Å²) in [5.74, 6) is 0.851. The molecule has 86 valence electrons. The summed E-state index contributed by atoms with van der Waals surface area (Å²) in [7, 11) is 0. The summed E-state index contributed by atoms with van der Waals surface area (Å²) in [5.41, 5.74) is 1.87. The third-order valence-corrected chi connectivity index (χ3v) is 3.64. The topological polar surface area (TPSA) is 17.1 Å². The van der Waals surface area contributed by atoms with Gasteiger partial charge in [0.05, 0.1) is 0 Å². The molecule has 2 aromatic carbocycles. The van der Waals surface area contributed by atoms with Gasteiger partial charge in [-0.05, 0) is 35.9 Å². The third kappa shape index (κ3) is 3.62. The molecule has 1 nitrogen and oxygen atoms in total. The summed E-state index contributed by atoms with van der Waals surface area (Å²) in [6, 6.07) is 15.4. The van der Waals surface area contributed by atoms with E-state index < -0.39 is 0 Å². The van der Waals surface area contributed by atoms with Crippen molar-refractivity contribution in [3.8, 4) is 0 Å². The summed E-state index contributed by atoms with van der Waals surface area (Å²) in [4.78, 5) is 11.8. The number of thioether (sulfide) groups is 1. The Kier molecular flexibility index (Phi) is 4.24. The highest BCUT2D eigenvalue weighted by Crippen LogP contribution is 2.24. The summed E-state index contributed by atoms with van der Waals surface area (Å²) in [6.07, 6.45) is 0.871. The molecule has 0 aliphatic rings. The van der Waals surface area contributed by atoms with Crippen molar-refractivity contribution in [2.24, 2.45) is 0 Å². The SMILES string of the molecule is O=Cc1cccc(CSc2ccc(Cl)cc2)c1. The van der Waals surface area contributed by atoms with Gasteiger partial charge >= 0.3 is 0 Å². The van der Waals surface area contributed by atoms with Gasteiger partial charge in [-0.2, -0.15) is 0 Å². The molecule has 2 rings (SSSR count). The molecule has 0 spiro atoms. The van der Waals surface area contributed by atoms with Gasteiger partial charge < -0.3 is 0 Å². The van der Waals surface area contributed by atoms with E-state index in [-0.39, 0.29) is 0 Å². The molecule has 0 aliphatic heterocycles. The van der Waals surface area contributed by atoms with Gasteiger partial charge in [0.15, 0.2) is 0 Å². The molecular formula is C14H11ClOS. The number of carbonyl (C=O) groups excluding carboxylic acids is 1. The predicted octanol–water partition coefficient (Wildman–Crippen LogP) is 4.44. The van der Waals surface area contributed by atoms with Gasteiger partial charge in [-0.1, -0.05) is 29.8 Å². The highest BCUT2D eigenvalue weighted by Gasteiger charge is 1.98. The Morgan fingerprint density at radius 1 is 1.12 bits per heavy atom. The lowest BCUT2D eigenvalue weighted by Gasteiger charge is -2.02. The molecule has 0 N–H and O–H groups in total. The Morgan fingerprint density at radius 3 is 2.59 bits per heavy atom. The Labute approximate surface area is 110 Å². The Hall–Kier alpha value is -1.25. The van der Waals surface area contributed by atoms with E-state index in [9.17, 15) is 4.79 Å². The molecule has 0 heterocycles. The molecule has 0 atom stereocenters. The van der Waals surface area contributed by atoms with Gasteiger partial charge in [0.1, 0.15) is 6.29 Å². The maximum atomic E-state index is 10.6. The zero-order valence-electron chi connectivity index (χ0n) is 9.10. The first-order valence-electron chi connectivity index (χ1n) is 5.20. The minimum atomic E-state index is 0.721. The molecule has 0 unspecified atom stereocenters. The van der Waals surface area contributed by atoms with Gasteiger partial charge in [-0.3, -0.25) is 4.79 Å². The number of hydrogen-bond donors (Lipinski definition) is 0. The van der Waals surface area contributed by atoms with E-state index in [0.29, 0.717) is 0 Å². The molecule has 3 heteroatoms. The Balaban J connectivity index is 2.01. The summed E-state index contributed by atoms with van der Waals surface area (Å²) >= 11 is 7.55. The van der Waals surface area contributed by atoms with E-state index in [1.54, 1.807) is 11.8 Å². The maximum Gasteiger partial charge on any atom is 0.150 e. The van der Waals surface area contributed by atoms with Gasteiger partial charge in [0.2, 0.25) is 0 Å². The number of rotatable bonds is 4. The summed E-state index contributed by atoms with van der Waals surface area (Å²) in [5, 5.41) is 0.748. The standard InChI is InChI=1S/C14H11ClOS/c15-13-4-6-14(7-5-13)17-10-12-3-1-2-11(8-12)9-16/h1-9H,10H2. The van der Waals surface area contributed by atoms with Crippen LogP contribution >= 0.6 is 23.4 Å². The van der Waals surface area contributed by atoms with Crippen LogP contribution in [0.15, 0.2) is 53.4 Å². The molecule has 0 saturated carbocycles. The van der Waals surface area contributed by atoms with Gasteiger partial charge in [0, 0.05) is 21.2 Å². The number of halogens is 1. The number of carbonyl (C=O) groups is 1. The van der Waals surface area contributed by atoms with E-state index >= 15 is 0 Å². The minimum absolute atomic E-state index is 0.721. The second-order valence-corrected chi connectivity index (χ2v) is 5.09. The molecule has 0 amide bonds. The molecule has 0 bridgehead atoms. The van der Waals surface area contributed by atoms with Gasteiger partial charge in [0.25, 0.3) is 0 Å². The monoisotopic (exact) mass is 262 g/mol. The minimum Gasteiger partial charge on any atom is -0.298 e. The molecule has 2 aromatic rings. The summed E-state index contributed by atoms with van der Waals surface area (Å²) in [6.45, 7) is 0. The first-order chi connectivity index (χ1) is 8.28. The quantitative estimate of drug-likeness (QED) is 0.598. The second-order valence-electron chi connectivity index (χ2n) is 3.61. The fraction of sp³-hybridized carbons (Fsp3) is 0.0714. The van der Waals surface area contributed by atoms with E-state index in [2.05, 4.69) is 0 Å². The highest BCUT2D eigenvalue weighted by molar-refractivity contribution is 7.98.